The average molecular weight is 483 g/mol. The number of likely N-dealkylation sites (tertiary alicyclic amines) is 1. The van der Waals surface area contributed by atoms with E-state index in [-0.39, 0.29) is 35.5 Å². The molecule has 1 saturated carbocycles. The van der Waals surface area contributed by atoms with E-state index in [2.05, 4.69) is 10.3 Å². The van der Waals surface area contributed by atoms with Crippen molar-refractivity contribution in [2.45, 2.75) is 43.9 Å². The Labute approximate surface area is 168 Å². The van der Waals surface area contributed by atoms with Gasteiger partial charge >= 0.3 is 6.18 Å². The fourth-order valence-electron chi connectivity index (χ4n) is 3.30. The minimum atomic E-state index is -4.32. The third kappa shape index (κ3) is 4.82. The molecular weight excluding hydrogens is 458 g/mol. The predicted octanol–water partition coefficient (Wildman–Crippen LogP) is 3.39. The number of alkyl halides is 3. The van der Waals surface area contributed by atoms with Gasteiger partial charge < -0.3 is 15.3 Å². The van der Waals surface area contributed by atoms with Gasteiger partial charge in [0.05, 0.1) is 18.2 Å². The van der Waals surface area contributed by atoms with Crippen LogP contribution in [0.2, 0.25) is 0 Å². The van der Waals surface area contributed by atoms with Gasteiger partial charge in [0.15, 0.2) is 5.96 Å². The van der Waals surface area contributed by atoms with Crippen molar-refractivity contribution in [1.82, 2.24) is 10.2 Å². The molecule has 3 rings (SSSR count). The van der Waals surface area contributed by atoms with Crippen LogP contribution in [-0.4, -0.2) is 48.2 Å². The van der Waals surface area contributed by atoms with Crippen LogP contribution in [0.15, 0.2) is 29.3 Å². The Bertz CT molecular complexity index is 647. The number of nitrogens with zero attached hydrogens (tertiary/aromatic N) is 2. The molecule has 1 aliphatic heterocycles. The lowest BCUT2D eigenvalue weighted by molar-refractivity contribution is -0.137. The van der Waals surface area contributed by atoms with Crippen LogP contribution in [-0.2, 0) is 11.6 Å². The smallest absolute Gasteiger partial charge is 0.391 e. The highest BCUT2D eigenvalue weighted by Gasteiger charge is 2.45. The Kier molecular flexibility index (Phi) is 6.81. The summed E-state index contributed by atoms with van der Waals surface area (Å²) >= 11 is 0. The number of rotatable bonds is 4. The maximum atomic E-state index is 13.0. The third-order valence-corrected chi connectivity index (χ3v) is 4.99. The van der Waals surface area contributed by atoms with E-state index in [0.717, 1.165) is 31.4 Å². The van der Waals surface area contributed by atoms with Crippen LogP contribution in [0.5, 0.6) is 0 Å². The summed E-state index contributed by atoms with van der Waals surface area (Å²) in [6, 6.07) is 5.61. The standard InChI is InChI=1S/C18H24F3N3O.HI/c1-2-22-16(24-9-6-15(25)11-24)23-12-17(7-8-17)13-4-3-5-14(10-13)18(19,20)21;/h3-5,10,15,25H,2,6-9,11-12H2,1H3,(H,22,23);1H/t15-;/m1./s1. The van der Waals surface area contributed by atoms with Crippen LogP contribution < -0.4 is 5.32 Å². The van der Waals surface area contributed by atoms with Crippen LogP contribution >= 0.6 is 24.0 Å². The molecule has 1 atom stereocenters. The van der Waals surface area contributed by atoms with Crippen molar-refractivity contribution >= 4 is 29.9 Å². The van der Waals surface area contributed by atoms with Crippen molar-refractivity contribution in [3.05, 3.63) is 35.4 Å². The summed E-state index contributed by atoms with van der Waals surface area (Å²) in [5.41, 5.74) is -0.182. The highest BCUT2D eigenvalue weighted by molar-refractivity contribution is 14.0. The van der Waals surface area contributed by atoms with Gasteiger partial charge in [0, 0.05) is 25.0 Å². The lowest BCUT2D eigenvalue weighted by Crippen LogP contribution is -2.41. The number of nitrogens with one attached hydrogen (secondary N) is 1. The molecule has 1 aromatic carbocycles. The normalized spacial score (nSPS) is 22.1. The van der Waals surface area contributed by atoms with E-state index < -0.39 is 11.7 Å². The minimum absolute atomic E-state index is 0. The highest BCUT2D eigenvalue weighted by atomic mass is 127. The molecule has 2 fully saturated rings. The topological polar surface area (TPSA) is 47.9 Å². The van der Waals surface area contributed by atoms with Gasteiger partial charge in [-0.3, -0.25) is 4.99 Å². The molecule has 2 N–H and O–H groups in total. The number of aliphatic hydroxyl groups is 1. The molecule has 1 saturated heterocycles. The number of aliphatic imine (C=N–C) groups is 1. The summed E-state index contributed by atoms with van der Waals surface area (Å²) in [7, 11) is 0. The molecule has 0 unspecified atom stereocenters. The molecule has 1 aliphatic carbocycles. The molecule has 2 aliphatic rings. The Morgan fingerprint density at radius 2 is 2.12 bits per heavy atom. The third-order valence-electron chi connectivity index (χ3n) is 4.99. The molecule has 0 spiro atoms. The number of guanidine groups is 1. The SMILES string of the molecule is CCNC(=NCC1(c2cccc(C(F)(F)F)c2)CC1)N1CC[C@@H](O)C1.I. The zero-order valence-corrected chi connectivity index (χ0v) is 17.1. The summed E-state index contributed by atoms with van der Waals surface area (Å²) in [4.78, 5) is 6.68. The van der Waals surface area contributed by atoms with Crippen LogP contribution in [0.25, 0.3) is 0 Å². The van der Waals surface area contributed by atoms with E-state index in [9.17, 15) is 18.3 Å². The zero-order valence-electron chi connectivity index (χ0n) is 14.7. The van der Waals surface area contributed by atoms with E-state index in [1.807, 2.05) is 11.8 Å². The van der Waals surface area contributed by atoms with Gasteiger partial charge in [-0.2, -0.15) is 13.2 Å². The van der Waals surface area contributed by atoms with E-state index in [4.69, 9.17) is 0 Å². The van der Waals surface area contributed by atoms with Crippen LogP contribution in [0.4, 0.5) is 13.2 Å². The second kappa shape index (κ2) is 8.33. The highest BCUT2D eigenvalue weighted by Crippen LogP contribution is 2.49. The first-order chi connectivity index (χ1) is 11.8. The van der Waals surface area contributed by atoms with Crippen molar-refractivity contribution < 1.29 is 18.3 Å². The van der Waals surface area contributed by atoms with E-state index >= 15 is 0 Å². The van der Waals surface area contributed by atoms with Gasteiger partial charge in [-0.05, 0) is 37.8 Å². The summed E-state index contributed by atoms with van der Waals surface area (Å²) in [5.74, 6) is 0.734. The maximum Gasteiger partial charge on any atom is 0.416 e. The molecule has 26 heavy (non-hydrogen) atoms. The Morgan fingerprint density at radius 1 is 1.38 bits per heavy atom. The fraction of sp³-hybridized carbons (Fsp3) is 0.611. The molecule has 1 heterocycles. The molecule has 0 radical (unpaired) electrons. The summed E-state index contributed by atoms with van der Waals surface area (Å²) in [6.45, 7) is 4.43. The van der Waals surface area contributed by atoms with Crippen molar-refractivity contribution in [3.8, 4) is 0 Å². The van der Waals surface area contributed by atoms with Gasteiger partial charge in [-0.15, -0.1) is 24.0 Å². The molecule has 0 aromatic heterocycles. The lowest BCUT2D eigenvalue weighted by Gasteiger charge is -2.22. The van der Waals surface area contributed by atoms with Crippen molar-refractivity contribution in [2.24, 2.45) is 4.99 Å². The summed E-state index contributed by atoms with van der Waals surface area (Å²) in [6.07, 6.45) is -2.26. The number of hydrogen-bond donors (Lipinski definition) is 2. The van der Waals surface area contributed by atoms with Gasteiger partial charge in [-0.25, -0.2) is 0 Å². The number of hydrogen-bond acceptors (Lipinski definition) is 2. The van der Waals surface area contributed by atoms with E-state index in [1.165, 1.54) is 12.1 Å². The number of benzene rings is 1. The monoisotopic (exact) mass is 483 g/mol. The van der Waals surface area contributed by atoms with Crippen molar-refractivity contribution in [2.75, 3.05) is 26.2 Å². The predicted molar refractivity (Wildman–Crippen MR) is 106 cm³/mol. The van der Waals surface area contributed by atoms with E-state index in [1.54, 1.807) is 6.07 Å². The molecule has 0 bridgehead atoms. The zero-order chi connectivity index (χ0) is 18.1. The summed E-state index contributed by atoms with van der Waals surface area (Å²) < 4.78 is 38.9. The van der Waals surface area contributed by atoms with Gasteiger partial charge in [-0.1, -0.05) is 18.2 Å². The van der Waals surface area contributed by atoms with Gasteiger partial charge in [0.2, 0.25) is 0 Å². The minimum Gasteiger partial charge on any atom is -0.391 e. The summed E-state index contributed by atoms with van der Waals surface area (Å²) in [5, 5.41) is 12.9. The van der Waals surface area contributed by atoms with Crippen LogP contribution in [0.1, 0.15) is 37.3 Å². The van der Waals surface area contributed by atoms with Crippen LogP contribution in [0.3, 0.4) is 0 Å². The molecule has 8 heteroatoms. The quantitative estimate of drug-likeness (QED) is 0.392. The number of β-amino-alcohol motifs (C(OH)–C–C–N with tert-alkyl or cyclic N) is 1. The van der Waals surface area contributed by atoms with E-state index in [0.29, 0.717) is 31.6 Å². The first-order valence-electron chi connectivity index (χ1n) is 8.73. The number of halogens is 4. The van der Waals surface area contributed by atoms with Gasteiger partial charge in [0.25, 0.3) is 0 Å². The Morgan fingerprint density at radius 3 is 2.65 bits per heavy atom. The van der Waals surface area contributed by atoms with Crippen molar-refractivity contribution in [3.63, 3.8) is 0 Å². The first kappa shape index (κ1) is 21.3. The van der Waals surface area contributed by atoms with Gasteiger partial charge in [0.1, 0.15) is 0 Å². The van der Waals surface area contributed by atoms with Crippen molar-refractivity contribution in [1.29, 1.82) is 0 Å². The first-order valence-corrected chi connectivity index (χ1v) is 8.73. The molecule has 4 nitrogen and oxygen atoms in total. The Hall–Kier alpha value is -1.03. The lowest BCUT2D eigenvalue weighted by atomic mass is 9.94. The van der Waals surface area contributed by atoms with Crippen LogP contribution in [0, 0.1) is 0 Å². The number of aliphatic hydroxyl groups excluding tert-OH is 1. The molecule has 0 amide bonds. The second-order valence-corrected chi connectivity index (χ2v) is 6.92. The maximum absolute atomic E-state index is 13.0. The Balaban J connectivity index is 0.00000243. The molecule has 1 aromatic rings. The second-order valence-electron chi connectivity index (χ2n) is 6.92. The largest absolute Gasteiger partial charge is 0.416 e. The average Bonchev–Trinajstić information content (AvgIpc) is 3.25. The fourth-order valence-corrected chi connectivity index (χ4v) is 3.30. The molecular formula is C18H25F3IN3O. The molecule has 146 valence electrons.